The number of amides is 1. The molecule has 2 aromatic rings. The van der Waals surface area contributed by atoms with E-state index in [1.807, 2.05) is 37.2 Å². The summed E-state index contributed by atoms with van der Waals surface area (Å²) in [6, 6.07) is 7.33. The molecule has 148 valence electrons. The lowest BCUT2D eigenvalue weighted by Crippen LogP contribution is -2.38. The number of benzene rings is 1. The second-order valence-corrected chi connectivity index (χ2v) is 6.83. The van der Waals surface area contributed by atoms with Crippen molar-refractivity contribution in [1.29, 1.82) is 0 Å². The van der Waals surface area contributed by atoms with E-state index >= 15 is 0 Å². The maximum absolute atomic E-state index is 12.2. The number of morpholine rings is 1. The second kappa shape index (κ2) is 9.48. The van der Waals surface area contributed by atoms with E-state index < -0.39 is 0 Å². The minimum absolute atomic E-state index is 0.201. The highest BCUT2D eigenvalue weighted by molar-refractivity contribution is 6.32. The van der Waals surface area contributed by atoms with Crippen molar-refractivity contribution in [2.45, 2.75) is 6.54 Å². The molecule has 3 rings (SSSR count). The SMILES string of the molecule is CN(C)c1nc(CNC(=O)/C=C/c2ccccc2Cl)nc(N2CCOCC2)n1. The van der Waals surface area contributed by atoms with E-state index in [1.54, 1.807) is 12.1 Å². The lowest BCUT2D eigenvalue weighted by atomic mass is 10.2. The summed E-state index contributed by atoms with van der Waals surface area (Å²) in [7, 11) is 3.74. The first-order chi connectivity index (χ1) is 13.5. The zero-order chi connectivity index (χ0) is 19.9. The molecule has 1 N–H and O–H groups in total. The number of carbonyl (C=O) groups excluding carboxylic acids is 1. The third-order valence-electron chi connectivity index (χ3n) is 4.09. The molecule has 28 heavy (non-hydrogen) atoms. The molecule has 1 aliphatic heterocycles. The molecule has 1 fully saturated rings. The van der Waals surface area contributed by atoms with Gasteiger partial charge in [0.25, 0.3) is 0 Å². The smallest absolute Gasteiger partial charge is 0.244 e. The highest BCUT2D eigenvalue weighted by Gasteiger charge is 2.17. The number of hydrogen-bond acceptors (Lipinski definition) is 7. The molecule has 2 heterocycles. The van der Waals surface area contributed by atoms with Crippen molar-refractivity contribution in [2.24, 2.45) is 0 Å². The lowest BCUT2D eigenvalue weighted by molar-refractivity contribution is -0.116. The predicted molar refractivity (Wildman–Crippen MR) is 110 cm³/mol. The largest absolute Gasteiger partial charge is 0.378 e. The van der Waals surface area contributed by atoms with Gasteiger partial charge in [0.1, 0.15) is 0 Å². The van der Waals surface area contributed by atoms with E-state index in [0.29, 0.717) is 36.0 Å². The van der Waals surface area contributed by atoms with E-state index in [0.717, 1.165) is 18.7 Å². The third-order valence-corrected chi connectivity index (χ3v) is 4.44. The van der Waals surface area contributed by atoms with Crippen molar-refractivity contribution >= 4 is 35.5 Å². The number of aromatic nitrogens is 3. The summed E-state index contributed by atoms with van der Waals surface area (Å²) < 4.78 is 5.38. The minimum Gasteiger partial charge on any atom is -0.378 e. The Morgan fingerprint density at radius 1 is 1.25 bits per heavy atom. The van der Waals surface area contributed by atoms with Crippen LogP contribution in [0.2, 0.25) is 5.02 Å². The maximum atomic E-state index is 12.2. The van der Waals surface area contributed by atoms with Crippen molar-refractivity contribution in [3.8, 4) is 0 Å². The number of rotatable bonds is 6. The molecular weight excluding hydrogens is 380 g/mol. The molecule has 0 unspecified atom stereocenters. The first kappa shape index (κ1) is 20.0. The van der Waals surface area contributed by atoms with Gasteiger partial charge in [0.2, 0.25) is 17.8 Å². The van der Waals surface area contributed by atoms with Crippen molar-refractivity contribution in [2.75, 3.05) is 50.2 Å². The predicted octanol–water partition coefficient (Wildman–Crippen LogP) is 1.76. The average Bonchev–Trinajstić information content (AvgIpc) is 2.72. The van der Waals surface area contributed by atoms with Crippen molar-refractivity contribution in [3.63, 3.8) is 0 Å². The summed E-state index contributed by atoms with van der Waals surface area (Å²) in [5, 5.41) is 3.39. The van der Waals surface area contributed by atoms with Gasteiger partial charge in [-0.1, -0.05) is 29.8 Å². The average molecular weight is 403 g/mol. The van der Waals surface area contributed by atoms with Gasteiger partial charge in [-0.2, -0.15) is 15.0 Å². The molecule has 0 spiro atoms. The molecule has 1 aromatic carbocycles. The zero-order valence-electron chi connectivity index (χ0n) is 15.9. The van der Waals surface area contributed by atoms with Gasteiger partial charge in [0, 0.05) is 38.3 Å². The number of nitrogens with zero attached hydrogens (tertiary/aromatic N) is 5. The van der Waals surface area contributed by atoms with E-state index in [1.165, 1.54) is 6.08 Å². The number of carbonyl (C=O) groups is 1. The van der Waals surface area contributed by atoms with Gasteiger partial charge in [0.05, 0.1) is 19.8 Å². The van der Waals surface area contributed by atoms with Crippen LogP contribution in [0, 0.1) is 0 Å². The number of halogens is 1. The Hall–Kier alpha value is -2.71. The van der Waals surface area contributed by atoms with Crippen LogP contribution in [0.15, 0.2) is 30.3 Å². The number of anilines is 2. The Balaban J connectivity index is 1.68. The quantitative estimate of drug-likeness (QED) is 0.737. The number of ether oxygens (including phenoxy) is 1. The number of nitrogens with one attached hydrogen (secondary N) is 1. The third kappa shape index (κ3) is 5.40. The molecule has 0 atom stereocenters. The molecule has 1 aromatic heterocycles. The van der Waals surface area contributed by atoms with Crippen molar-refractivity contribution in [1.82, 2.24) is 20.3 Å². The summed E-state index contributed by atoms with van der Waals surface area (Å²) in [5.41, 5.74) is 0.781. The second-order valence-electron chi connectivity index (χ2n) is 6.42. The topological polar surface area (TPSA) is 83.5 Å². The van der Waals surface area contributed by atoms with E-state index in [-0.39, 0.29) is 12.5 Å². The summed E-state index contributed by atoms with van der Waals surface area (Å²) >= 11 is 6.09. The van der Waals surface area contributed by atoms with Crippen molar-refractivity contribution < 1.29 is 9.53 Å². The fraction of sp³-hybridized carbons (Fsp3) is 0.368. The van der Waals surface area contributed by atoms with Gasteiger partial charge in [-0.3, -0.25) is 4.79 Å². The van der Waals surface area contributed by atoms with Crippen LogP contribution in [0.4, 0.5) is 11.9 Å². The first-order valence-corrected chi connectivity index (χ1v) is 9.36. The fourth-order valence-electron chi connectivity index (χ4n) is 2.58. The van der Waals surface area contributed by atoms with Crippen LogP contribution in [0.3, 0.4) is 0 Å². The Bertz CT molecular complexity index is 852. The van der Waals surface area contributed by atoms with Crippen LogP contribution in [0.5, 0.6) is 0 Å². The first-order valence-electron chi connectivity index (χ1n) is 8.98. The minimum atomic E-state index is -0.250. The lowest BCUT2D eigenvalue weighted by Gasteiger charge is -2.27. The molecule has 1 saturated heterocycles. The van der Waals surface area contributed by atoms with Crippen LogP contribution in [-0.2, 0) is 16.1 Å². The Kier molecular flexibility index (Phi) is 6.78. The van der Waals surface area contributed by atoms with Crippen LogP contribution in [0.1, 0.15) is 11.4 Å². The molecule has 0 bridgehead atoms. The summed E-state index contributed by atoms with van der Waals surface area (Å²) in [6.07, 6.45) is 3.12. The normalized spacial score (nSPS) is 14.3. The van der Waals surface area contributed by atoms with Gasteiger partial charge in [-0.05, 0) is 17.7 Å². The van der Waals surface area contributed by atoms with Crippen LogP contribution < -0.4 is 15.1 Å². The van der Waals surface area contributed by atoms with Crippen LogP contribution >= 0.6 is 11.6 Å². The van der Waals surface area contributed by atoms with Crippen LogP contribution in [-0.4, -0.2) is 61.3 Å². The Morgan fingerprint density at radius 3 is 2.71 bits per heavy atom. The van der Waals surface area contributed by atoms with Crippen LogP contribution in [0.25, 0.3) is 6.08 Å². The van der Waals surface area contributed by atoms with Gasteiger partial charge < -0.3 is 19.9 Å². The summed E-state index contributed by atoms with van der Waals surface area (Å²) in [4.78, 5) is 29.5. The fourth-order valence-corrected chi connectivity index (χ4v) is 2.78. The van der Waals surface area contributed by atoms with E-state index in [9.17, 15) is 4.79 Å². The summed E-state index contributed by atoms with van der Waals surface area (Å²) in [5.74, 6) is 1.39. The van der Waals surface area contributed by atoms with Gasteiger partial charge in [0.15, 0.2) is 5.82 Å². The zero-order valence-corrected chi connectivity index (χ0v) is 16.7. The highest BCUT2D eigenvalue weighted by atomic mass is 35.5. The Morgan fingerprint density at radius 2 is 2.00 bits per heavy atom. The van der Waals surface area contributed by atoms with Gasteiger partial charge in [-0.25, -0.2) is 0 Å². The highest BCUT2D eigenvalue weighted by Crippen LogP contribution is 2.16. The van der Waals surface area contributed by atoms with Crippen molar-refractivity contribution in [3.05, 3.63) is 46.8 Å². The molecule has 0 saturated carbocycles. The monoisotopic (exact) mass is 402 g/mol. The molecule has 0 radical (unpaired) electrons. The van der Waals surface area contributed by atoms with E-state index in [4.69, 9.17) is 16.3 Å². The van der Waals surface area contributed by atoms with Gasteiger partial charge in [-0.15, -0.1) is 0 Å². The summed E-state index contributed by atoms with van der Waals surface area (Å²) in [6.45, 7) is 2.93. The van der Waals surface area contributed by atoms with E-state index in [2.05, 4.69) is 25.2 Å². The molecule has 1 aliphatic rings. The molecule has 0 aliphatic carbocycles. The van der Waals surface area contributed by atoms with Gasteiger partial charge >= 0.3 is 0 Å². The maximum Gasteiger partial charge on any atom is 0.244 e. The Labute approximate surface area is 169 Å². The number of hydrogen-bond donors (Lipinski definition) is 1. The molecule has 1 amide bonds. The molecular formula is C19H23ClN6O2. The molecule has 8 nitrogen and oxygen atoms in total. The molecule has 9 heteroatoms. The standard InChI is InChI=1S/C19H23ClN6O2/c1-25(2)18-22-16(23-19(24-18)26-9-11-28-12-10-26)13-21-17(27)8-7-14-5-3-4-6-15(14)20/h3-8H,9-13H2,1-2H3,(H,21,27)/b8-7+.